The molecule has 0 spiro atoms. The average Bonchev–Trinajstić information content (AvgIpc) is 3.27. The van der Waals surface area contributed by atoms with Crippen LogP contribution in [0.4, 0.5) is 0 Å². The fourth-order valence-electron chi connectivity index (χ4n) is 2.38. The van der Waals surface area contributed by atoms with E-state index >= 15 is 0 Å². The van der Waals surface area contributed by atoms with E-state index in [4.69, 9.17) is 4.42 Å². The van der Waals surface area contributed by atoms with Gasteiger partial charge in [0.15, 0.2) is 0 Å². The summed E-state index contributed by atoms with van der Waals surface area (Å²) in [5, 5.41) is 1.92. The Bertz CT molecular complexity index is 717. The van der Waals surface area contributed by atoms with Gasteiger partial charge in [-0.15, -0.1) is 23.1 Å². The maximum absolute atomic E-state index is 12.7. The Morgan fingerprint density at radius 2 is 2.09 bits per heavy atom. The van der Waals surface area contributed by atoms with Crippen LogP contribution in [0, 0.1) is 0 Å². The molecule has 2 aromatic rings. The third kappa shape index (κ3) is 3.28. The van der Waals surface area contributed by atoms with Gasteiger partial charge in [-0.2, -0.15) is 0 Å². The van der Waals surface area contributed by atoms with E-state index in [1.54, 1.807) is 6.26 Å². The second-order valence-corrected chi connectivity index (χ2v) is 7.10. The molecule has 1 aliphatic heterocycles. The molecular weight excluding hydrogens is 330 g/mol. The Morgan fingerprint density at radius 3 is 2.74 bits per heavy atom. The zero-order valence-corrected chi connectivity index (χ0v) is 14.4. The normalized spacial score (nSPS) is 15.1. The average molecular weight is 347 g/mol. The highest BCUT2D eigenvalue weighted by molar-refractivity contribution is 8.03. The van der Waals surface area contributed by atoms with Crippen LogP contribution in [0.15, 0.2) is 45.2 Å². The van der Waals surface area contributed by atoms with Crippen molar-refractivity contribution in [2.24, 2.45) is 0 Å². The molecule has 0 atom stereocenters. The summed E-state index contributed by atoms with van der Waals surface area (Å²) in [6, 6.07) is 7.48. The lowest BCUT2D eigenvalue weighted by atomic mass is 10.2. The van der Waals surface area contributed by atoms with Gasteiger partial charge in [0.1, 0.15) is 5.76 Å². The third-order valence-corrected chi connectivity index (χ3v) is 5.55. The van der Waals surface area contributed by atoms with E-state index in [-0.39, 0.29) is 11.8 Å². The van der Waals surface area contributed by atoms with Crippen LogP contribution in [0.1, 0.15) is 30.4 Å². The quantitative estimate of drug-likeness (QED) is 0.706. The molecule has 0 aromatic carbocycles. The molecule has 3 rings (SSSR count). The van der Waals surface area contributed by atoms with Crippen LogP contribution < -0.4 is 0 Å². The number of carbonyl (C=O) groups excluding carboxylic acids is 2. The number of imide groups is 1. The predicted octanol–water partition coefficient (Wildman–Crippen LogP) is 4.15. The van der Waals surface area contributed by atoms with Crippen molar-refractivity contribution in [3.05, 3.63) is 51.5 Å². The lowest BCUT2D eigenvalue weighted by molar-refractivity contribution is -0.136. The van der Waals surface area contributed by atoms with Gasteiger partial charge in [-0.1, -0.05) is 19.4 Å². The van der Waals surface area contributed by atoms with Crippen molar-refractivity contribution in [2.45, 2.75) is 25.5 Å². The lowest BCUT2D eigenvalue weighted by Crippen LogP contribution is -2.32. The molecule has 0 N–H and O–H groups in total. The second kappa shape index (κ2) is 7.19. The largest absolute Gasteiger partial charge is 0.468 e. The van der Waals surface area contributed by atoms with Crippen molar-refractivity contribution in [2.75, 3.05) is 6.54 Å². The number of hydrogen-bond donors (Lipinski definition) is 0. The predicted molar refractivity (Wildman–Crippen MR) is 92.9 cm³/mol. The highest BCUT2D eigenvalue weighted by Gasteiger charge is 2.39. The van der Waals surface area contributed by atoms with Crippen LogP contribution in [0.25, 0.3) is 5.57 Å². The summed E-state index contributed by atoms with van der Waals surface area (Å²) in [7, 11) is 0. The van der Waals surface area contributed by atoms with E-state index in [2.05, 4.69) is 0 Å². The minimum Gasteiger partial charge on any atom is -0.468 e. The van der Waals surface area contributed by atoms with E-state index in [0.717, 1.165) is 23.5 Å². The topological polar surface area (TPSA) is 50.5 Å². The van der Waals surface area contributed by atoms with Crippen molar-refractivity contribution in [3.8, 4) is 0 Å². The molecule has 0 saturated heterocycles. The summed E-state index contributed by atoms with van der Waals surface area (Å²) in [5.41, 5.74) is 0.539. The summed E-state index contributed by atoms with van der Waals surface area (Å²) < 4.78 is 5.32. The van der Waals surface area contributed by atoms with E-state index < -0.39 is 0 Å². The zero-order valence-electron chi connectivity index (χ0n) is 12.8. The van der Waals surface area contributed by atoms with Crippen LogP contribution in [0.2, 0.25) is 0 Å². The molecule has 1 aliphatic rings. The molecule has 0 bridgehead atoms. The Labute approximate surface area is 143 Å². The first-order chi connectivity index (χ1) is 11.2. The molecule has 120 valence electrons. The van der Waals surface area contributed by atoms with Crippen molar-refractivity contribution in [3.63, 3.8) is 0 Å². The van der Waals surface area contributed by atoms with Crippen molar-refractivity contribution in [1.82, 2.24) is 4.90 Å². The maximum Gasteiger partial charge on any atom is 0.268 e. The van der Waals surface area contributed by atoms with Crippen LogP contribution in [0.3, 0.4) is 0 Å². The Balaban J connectivity index is 1.88. The molecule has 23 heavy (non-hydrogen) atoms. The van der Waals surface area contributed by atoms with E-state index in [1.807, 2.05) is 36.6 Å². The molecule has 0 unspecified atom stereocenters. The second-order valence-electron chi connectivity index (χ2n) is 5.16. The summed E-state index contributed by atoms with van der Waals surface area (Å²) in [5.74, 6) is 0.981. The van der Waals surface area contributed by atoms with Gasteiger partial charge in [0.25, 0.3) is 11.8 Å². The Morgan fingerprint density at radius 1 is 1.22 bits per heavy atom. The molecule has 0 aliphatic carbocycles. The van der Waals surface area contributed by atoms with Crippen molar-refractivity contribution >= 4 is 40.5 Å². The van der Waals surface area contributed by atoms with Gasteiger partial charge >= 0.3 is 0 Å². The number of nitrogens with zero attached hydrogens (tertiary/aromatic N) is 1. The van der Waals surface area contributed by atoms with Gasteiger partial charge in [-0.25, -0.2) is 0 Å². The molecule has 0 saturated carbocycles. The minimum atomic E-state index is -0.177. The zero-order chi connectivity index (χ0) is 16.2. The van der Waals surface area contributed by atoms with Crippen LogP contribution in [0.5, 0.6) is 0 Å². The number of amides is 2. The van der Waals surface area contributed by atoms with Gasteiger partial charge in [0.05, 0.1) is 22.5 Å². The highest BCUT2D eigenvalue weighted by atomic mass is 32.2. The highest BCUT2D eigenvalue weighted by Crippen LogP contribution is 2.39. The first-order valence-electron chi connectivity index (χ1n) is 7.52. The minimum absolute atomic E-state index is 0.173. The van der Waals surface area contributed by atoms with E-state index in [1.165, 1.54) is 28.0 Å². The molecule has 2 amide bonds. The van der Waals surface area contributed by atoms with Crippen LogP contribution in [-0.2, 0) is 15.3 Å². The first kappa shape index (κ1) is 16.1. The molecule has 4 nitrogen and oxygen atoms in total. The number of furan rings is 1. The first-order valence-corrected chi connectivity index (χ1v) is 9.38. The lowest BCUT2D eigenvalue weighted by Gasteiger charge is -2.13. The fraction of sp³-hybridized carbons (Fsp3) is 0.294. The summed E-state index contributed by atoms with van der Waals surface area (Å²) in [4.78, 5) is 28.2. The number of thiophene rings is 1. The van der Waals surface area contributed by atoms with Gasteiger partial charge in [-0.3, -0.25) is 14.5 Å². The number of thioether (sulfide) groups is 1. The van der Waals surface area contributed by atoms with Crippen LogP contribution in [-0.4, -0.2) is 23.3 Å². The molecular formula is C17H17NO3S2. The molecule has 0 fully saturated rings. The monoisotopic (exact) mass is 347 g/mol. The summed E-state index contributed by atoms with van der Waals surface area (Å²) in [6.45, 7) is 2.53. The maximum atomic E-state index is 12.7. The smallest absolute Gasteiger partial charge is 0.268 e. The van der Waals surface area contributed by atoms with Gasteiger partial charge in [0, 0.05) is 11.4 Å². The number of carbonyl (C=O) groups is 2. The van der Waals surface area contributed by atoms with Gasteiger partial charge in [-0.05, 0) is 30.0 Å². The van der Waals surface area contributed by atoms with E-state index in [9.17, 15) is 9.59 Å². The SMILES string of the molecule is CCCCN1C(=O)C(SCc2ccco2)=C(c2cccs2)C1=O. The molecule has 0 radical (unpaired) electrons. The molecule has 3 heterocycles. The molecule has 2 aromatic heterocycles. The van der Waals surface area contributed by atoms with Gasteiger partial charge < -0.3 is 4.42 Å². The molecule has 6 heteroatoms. The standard InChI is InChI=1S/C17H17NO3S2/c1-2-3-8-18-16(19)14(13-7-5-10-22-13)15(17(18)20)23-11-12-6-4-9-21-12/h4-7,9-10H,2-3,8,11H2,1H3. The number of rotatable bonds is 7. The summed E-state index contributed by atoms with van der Waals surface area (Å²) in [6.07, 6.45) is 3.38. The van der Waals surface area contributed by atoms with Gasteiger partial charge in [0.2, 0.25) is 0 Å². The van der Waals surface area contributed by atoms with Crippen molar-refractivity contribution in [1.29, 1.82) is 0 Å². The Kier molecular flexibility index (Phi) is 5.03. The number of hydrogen-bond acceptors (Lipinski definition) is 5. The summed E-state index contributed by atoms with van der Waals surface area (Å²) >= 11 is 2.86. The third-order valence-electron chi connectivity index (χ3n) is 3.57. The Hall–Kier alpha value is -1.79. The van der Waals surface area contributed by atoms with Crippen LogP contribution >= 0.6 is 23.1 Å². The van der Waals surface area contributed by atoms with Crippen molar-refractivity contribution < 1.29 is 14.0 Å². The number of unbranched alkanes of at least 4 members (excludes halogenated alkanes) is 1. The fourth-order valence-corrected chi connectivity index (χ4v) is 4.24. The van der Waals surface area contributed by atoms with E-state index in [0.29, 0.717) is 22.8 Å².